The van der Waals surface area contributed by atoms with Crippen molar-refractivity contribution in [1.29, 1.82) is 0 Å². The molecule has 1 atom stereocenters. The summed E-state index contributed by atoms with van der Waals surface area (Å²) in [6, 6.07) is 6.36. The van der Waals surface area contributed by atoms with Crippen LogP contribution in [0.4, 0.5) is 0 Å². The Morgan fingerprint density at radius 3 is 2.80 bits per heavy atom. The molecule has 3 nitrogen and oxygen atoms in total. The van der Waals surface area contributed by atoms with Gasteiger partial charge >= 0.3 is 0 Å². The van der Waals surface area contributed by atoms with E-state index in [-0.39, 0.29) is 6.04 Å². The predicted molar refractivity (Wildman–Crippen MR) is 84.2 cm³/mol. The fraction of sp³-hybridized carbons (Fsp3) is 0.438. The fourth-order valence-corrected chi connectivity index (χ4v) is 2.63. The van der Waals surface area contributed by atoms with Crippen LogP contribution in [0.15, 0.2) is 30.6 Å². The van der Waals surface area contributed by atoms with E-state index in [0.717, 1.165) is 24.5 Å². The molecule has 20 heavy (non-hydrogen) atoms. The predicted octanol–water partition coefficient (Wildman–Crippen LogP) is 3.76. The lowest BCUT2D eigenvalue weighted by Gasteiger charge is -2.20. The van der Waals surface area contributed by atoms with Gasteiger partial charge in [0.1, 0.15) is 0 Å². The lowest BCUT2D eigenvalue weighted by molar-refractivity contribution is 0.547. The number of benzene rings is 1. The van der Waals surface area contributed by atoms with Gasteiger partial charge in [-0.15, -0.1) is 0 Å². The van der Waals surface area contributed by atoms with Crippen LogP contribution in [0.25, 0.3) is 0 Å². The summed E-state index contributed by atoms with van der Waals surface area (Å²) in [7, 11) is 0. The van der Waals surface area contributed by atoms with Gasteiger partial charge in [0, 0.05) is 23.8 Å². The third-order valence-electron chi connectivity index (χ3n) is 3.52. The molecular weight excluding hydrogens is 270 g/mol. The number of nitrogens with one attached hydrogen (secondary N) is 1. The maximum absolute atomic E-state index is 6.15. The van der Waals surface area contributed by atoms with Crippen molar-refractivity contribution in [3.63, 3.8) is 0 Å². The van der Waals surface area contributed by atoms with Gasteiger partial charge in [-0.3, -0.25) is 4.68 Å². The lowest BCUT2D eigenvalue weighted by Crippen LogP contribution is -2.23. The number of nitrogens with zero attached hydrogens (tertiary/aromatic N) is 2. The van der Waals surface area contributed by atoms with E-state index in [1.165, 1.54) is 16.7 Å². The van der Waals surface area contributed by atoms with Gasteiger partial charge < -0.3 is 5.32 Å². The summed E-state index contributed by atoms with van der Waals surface area (Å²) in [6.07, 6.45) is 4.99. The Hall–Kier alpha value is -1.32. The molecule has 0 fully saturated rings. The van der Waals surface area contributed by atoms with Crippen molar-refractivity contribution in [3.8, 4) is 0 Å². The van der Waals surface area contributed by atoms with Gasteiger partial charge in [0.2, 0.25) is 0 Å². The number of aryl methyl sites for hydroxylation is 2. The highest BCUT2D eigenvalue weighted by molar-refractivity contribution is 6.30. The molecule has 1 N–H and O–H groups in total. The van der Waals surface area contributed by atoms with Crippen LogP contribution in [0, 0.1) is 6.92 Å². The highest BCUT2D eigenvalue weighted by atomic mass is 35.5. The van der Waals surface area contributed by atoms with Gasteiger partial charge in [0.15, 0.2) is 0 Å². The van der Waals surface area contributed by atoms with Gasteiger partial charge in [-0.1, -0.05) is 24.6 Å². The SMILES string of the molecule is CCNC(Cc1cnn(CC)c1)c1cc(Cl)ccc1C. The molecule has 0 saturated carbocycles. The van der Waals surface area contributed by atoms with Crippen molar-refractivity contribution in [2.24, 2.45) is 0 Å². The number of hydrogen-bond donors (Lipinski definition) is 1. The highest BCUT2D eigenvalue weighted by Crippen LogP contribution is 2.25. The molecule has 0 saturated heterocycles. The van der Waals surface area contributed by atoms with Crippen molar-refractivity contribution < 1.29 is 0 Å². The summed E-state index contributed by atoms with van der Waals surface area (Å²) in [5.41, 5.74) is 3.78. The molecule has 108 valence electrons. The van der Waals surface area contributed by atoms with Crippen LogP contribution in [0.1, 0.15) is 36.6 Å². The van der Waals surface area contributed by atoms with E-state index < -0.39 is 0 Å². The summed E-state index contributed by atoms with van der Waals surface area (Å²) in [5, 5.41) is 8.68. The standard InChI is InChI=1S/C16H22ClN3/c1-4-18-16(8-13-10-19-20(5-2)11-13)15-9-14(17)7-6-12(15)3/h6-7,9-11,16,18H,4-5,8H2,1-3H3. The highest BCUT2D eigenvalue weighted by Gasteiger charge is 2.15. The van der Waals surface area contributed by atoms with Crippen LogP contribution < -0.4 is 5.32 Å². The number of aromatic nitrogens is 2. The number of likely N-dealkylation sites (N-methyl/N-ethyl adjacent to an activating group) is 1. The second-order valence-electron chi connectivity index (χ2n) is 5.02. The Labute approximate surface area is 126 Å². The molecular formula is C16H22ClN3. The van der Waals surface area contributed by atoms with Gasteiger partial charge in [-0.05, 0) is 55.6 Å². The van der Waals surface area contributed by atoms with Crippen LogP contribution in [0.5, 0.6) is 0 Å². The van der Waals surface area contributed by atoms with Crippen LogP contribution in [0.3, 0.4) is 0 Å². The molecule has 0 bridgehead atoms. The van der Waals surface area contributed by atoms with E-state index in [2.05, 4.69) is 49.5 Å². The first-order valence-corrected chi connectivity index (χ1v) is 7.52. The topological polar surface area (TPSA) is 29.9 Å². The zero-order valence-corrected chi connectivity index (χ0v) is 13.1. The monoisotopic (exact) mass is 291 g/mol. The van der Waals surface area contributed by atoms with Gasteiger partial charge in [0.25, 0.3) is 0 Å². The van der Waals surface area contributed by atoms with E-state index in [1.54, 1.807) is 0 Å². The maximum atomic E-state index is 6.15. The van der Waals surface area contributed by atoms with Crippen molar-refractivity contribution in [1.82, 2.24) is 15.1 Å². The second kappa shape index (κ2) is 6.91. The summed E-state index contributed by atoms with van der Waals surface area (Å²) in [6.45, 7) is 8.19. The minimum atomic E-state index is 0.271. The minimum Gasteiger partial charge on any atom is -0.310 e. The van der Waals surface area contributed by atoms with Crippen LogP contribution in [0.2, 0.25) is 5.02 Å². The quantitative estimate of drug-likeness (QED) is 0.878. The molecule has 1 aromatic heterocycles. The molecule has 0 aliphatic carbocycles. The van der Waals surface area contributed by atoms with E-state index in [1.807, 2.05) is 16.9 Å². The first-order chi connectivity index (χ1) is 9.63. The lowest BCUT2D eigenvalue weighted by atomic mass is 9.96. The molecule has 0 aliphatic rings. The Balaban J connectivity index is 2.23. The maximum Gasteiger partial charge on any atom is 0.0522 e. The van der Waals surface area contributed by atoms with Gasteiger partial charge in [-0.25, -0.2) is 0 Å². The molecule has 0 radical (unpaired) electrons. The molecule has 4 heteroatoms. The molecule has 2 rings (SSSR count). The third kappa shape index (κ3) is 3.62. The molecule has 1 heterocycles. The van der Waals surface area contributed by atoms with E-state index in [9.17, 15) is 0 Å². The summed E-state index contributed by atoms with van der Waals surface area (Å²) < 4.78 is 1.96. The zero-order valence-electron chi connectivity index (χ0n) is 12.4. The van der Waals surface area contributed by atoms with Crippen molar-refractivity contribution in [2.75, 3.05) is 6.54 Å². The Kier molecular flexibility index (Phi) is 5.21. The molecule has 0 amide bonds. The molecule has 0 aliphatic heterocycles. The first-order valence-electron chi connectivity index (χ1n) is 7.14. The second-order valence-corrected chi connectivity index (χ2v) is 5.46. The Morgan fingerprint density at radius 1 is 1.35 bits per heavy atom. The molecule has 0 spiro atoms. The minimum absolute atomic E-state index is 0.271. The van der Waals surface area contributed by atoms with Crippen molar-refractivity contribution >= 4 is 11.6 Å². The van der Waals surface area contributed by atoms with Crippen molar-refractivity contribution in [2.45, 2.75) is 39.8 Å². The normalized spacial score (nSPS) is 12.6. The fourth-order valence-electron chi connectivity index (χ4n) is 2.45. The summed E-state index contributed by atoms with van der Waals surface area (Å²) >= 11 is 6.15. The van der Waals surface area contributed by atoms with E-state index >= 15 is 0 Å². The zero-order chi connectivity index (χ0) is 14.5. The van der Waals surface area contributed by atoms with Crippen LogP contribution in [-0.2, 0) is 13.0 Å². The average molecular weight is 292 g/mol. The smallest absolute Gasteiger partial charge is 0.0522 e. The summed E-state index contributed by atoms with van der Waals surface area (Å²) in [5.74, 6) is 0. The van der Waals surface area contributed by atoms with Crippen LogP contribution in [-0.4, -0.2) is 16.3 Å². The number of halogens is 1. The molecule has 1 unspecified atom stereocenters. The number of hydrogen-bond acceptors (Lipinski definition) is 2. The van der Waals surface area contributed by atoms with Crippen molar-refractivity contribution in [3.05, 3.63) is 52.3 Å². The summed E-state index contributed by atoms with van der Waals surface area (Å²) in [4.78, 5) is 0. The van der Waals surface area contributed by atoms with E-state index in [4.69, 9.17) is 11.6 Å². The molecule has 1 aromatic carbocycles. The molecule has 2 aromatic rings. The Bertz CT molecular complexity index is 563. The van der Waals surface area contributed by atoms with Gasteiger partial charge in [-0.2, -0.15) is 5.10 Å². The number of rotatable bonds is 6. The average Bonchev–Trinajstić information content (AvgIpc) is 2.89. The van der Waals surface area contributed by atoms with Gasteiger partial charge in [0.05, 0.1) is 6.20 Å². The first kappa shape index (κ1) is 15.1. The Morgan fingerprint density at radius 2 is 2.15 bits per heavy atom. The van der Waals surface area contributed by atoms with E-state index in [0.29, 0.717) is 0 Å². The van der Waals surface area contributed by atoms with Crippen LogP contribution >= 0.6 is 11.6 Å². The largest absolute Gasteiger partial charge is 0.310 e. The third-order valence-corrected chi connectivity index (χ3v) is 3.75.